The molecular weight excluding hydrogens is 121 g/mol. The number of hydrogen-bond donors (Lipinski definition) is 0. The second-order valence-electron chi connectivity index (χ2n) is 1.08. The van der Waals surface area contributed by atoms with Crippen molar-refractivity contribution in [2.45, 2.75) is 5.14 Å². The lowest BCUT2D eigenvalue weighted by Crippen LogP contribution is -1.29. The largest absolute Gasteiger partial charge is 0.276 e. The summed E-state index contributed by atoms with van der Waals surface area (Å²) in [5, 5.41) is 0.764. The maximum Gasteiger partial charge on any atom is 0.142 e. The molecule has 0 amide bonds. The van der Waals surface area contributed by atoms with Crippen molar-refractivity contribution in [2.75, 3.05) is 0 Å². The van der Waals surface area contributed by atoms with Gasteiger partial charge in [0.25, 0.3) is 0 Å². The molecule has 0 saturated heterocycles. The first-order valence-electron chi connectivity index (χ1n) is 1.36. The summed E-state index contributed by atoms with van der Waals surface area (Å²) in [4.78, 5) is 0. The molecule has 0 radical (unpaired) electrons. The fraction of sp³-hybridized carbons (Fsp3) is 1.00. The first-order valence-corrected chi connectivity index (χ1v) is 6.47. The van der Waals surface area contributed by atoms with Gasteiger partial charge >= 0.3 is 0 Å². The van der Waals surface area contributed by atoms with Crippen molar-refractivity contribution >= 4 is 21.5 Å². The molecular formula is CHOP3. The van der Waals surface area contributed by atoms with E-state index < -0.39 is 7.09 Å². The summed E-state index contributed by atoms with van der Waals surface area (Å²) in [5.74, 6) is 0. The molecule has 0 aliphatic carbocycles. The predicted molar refractivity (Wildman–Crippen MR) is 25.2 cm³/mol. The van der Waals surface area contributed by atoms with Crippen LogP contribution in [-0.2, 0) is 4.57 Å². The van der Waals surface area contributed by atoms with Crippen LogP contribution in [0.3, 0.4) is 0 Å². The van der Waals surface area contributed by atoms with Crippen molar-refractivity contribution in [3.8, 4) is 0 Å². The van der Waals surface area contributed by atoms with E-state index in [4.69, 9.17) is 0 Å². The molecule has 0 spiro atoms. The molecule has 5 heavy (non-hydrogen) atoms. The summed E-state index contributed by atoms with van der Waals surface area (Å²) in [6, 6.07) is 0. The van der Waals surface area contributed by atoms with Crippen LogP contribution >= 0.6 is 21.5 Å². The van der Waals surface area contributed by atoms with Crippen LogP contribution in [0.15, 0.2) is 0 Å². The maximum atomic E-state index is 10.1. The minimum atomic E-state index is -0.532. The van der Waals surface area contributed by atoms with Crippen LogP contribution in [0.1, 0.15) is 0 Å². The highest BCUT2D eigenvalue weighted by molar-refractivity contribution is 8.45. The van der Waals surface area contributed by atoms with Crippen LogP contribution < -0.4 is 0 Å². The maximum absolute atomic E-state index is 10.1. The summed E-state index contributed by atoms with van der Waals surface area (Å²) in [7, 11) is 1.01. The average Bonchev–Trinajstić information content (AvgIpc) is 2.11. The molecule has 0 N–H and O–H groups in total. The zero-order valence-electron chi connectivity index (χ0n) is 2.33. The molecule has 2 aliphatic rings. The Morgan fingerprint density at radius 2 is 2.20 bits per heavy atom. The van der Waals surface area contributed by atoms with Crippen molar-refractivity contribution < 1.29 is 4.57 Å². The molecule has 0 bridgehead atoms. The second kappa shape index (κ2) is 0.562. The van der Waals surface area contributed by atoms with E-state index in [0.29, 0.717) is 0 Å². The molecule has 0 aromatic rings. The zero-order chi connectivity index (χ0) is 3.44. The summed E-state index contributed by atoms with van der Waals surface area (Å²) in [6.07, 6.45) is 0. The Morgan fingerprint density at radius 3 is 2.20 bits per heavy atom. The van der Waals surface area contributed by atoms with Crippen LogP contribution in [0.25, 0.3) is 0 Å². The normalized spacial score (nSPS) is 57.2. The van der Waals surface area contributed by atoms with Gasteiger partial charge in [-0.05, 0) is 14.4 Å². The molecule has 2 rings (SSSR count). The Bertz CT molecular complexity index is 195. The van der Waals surface area contributed by atoms with Crippen molar-refractivity contribution in [1.29, 1.82) is 0 Å². The van der Waals surface area contributed by atoms with E-state index in [-0.39, 0.29) is 6.50 Å². The Morgan fingerprint density at radius 1 is 1.80 bits per heavy atom. The van der Waals surface area contributed by atoms with Gasteiger partial charge in [0.05, 0.1) is 0 Å². The van der Waals surface area contributed by atoms with Gasteiger partial charge in [0.1, 0.15) is 12.2 Å². The van der Waals surface area contributed by atoms with Crippen molar-refractivity contribution in [3.05, 3.63) is 0 Å². The van der Waals surface area contributed by atoms with Gasteiger partial charge < -0.3 is 0 Å². The number of fused-ring (bicyclic) bond motifs is 1. The first kappa shape index (κ1) is 2.80. The molecule has 0 saturated carbocycles. The summed E-state index contributed by atoms with van der Waals surface area (Å²) < 4.78 is 10.1. The van der Waals surface area contributed by atoms with E-state index in [2.05, 4.69) is 0 Å². The summed E-state index contributed by atoms with van der Waals surface area (Å²) in [5.41, 5.74) is 0. The highest BCUT2D eigenvalue weighted by Crippen LogP contribution is 2.87. The number of hydrogen-bond acceptors (Lipinski definition) is 1. The highest BCUT2D eigenvalue weighted by atomic mass is 32.1. The van der Waals surface area contributed by atoms with Crippen LogP contribution in [0.4, 0.5) is 0 Å². The minimum Gasteiger partial charge on any atom is -0.276 e. The molecule has 1 nitrogen and oxygen atoms in total. The summed E-state index contributed by atoms with van der Waals surface area (Å²) in [6.45, 7) is 0.217. The van der Waals surface area contributed by atoms with Gasteiger partial charge in [0, 0.05) is 0 Å². The third-order valence-electron chi connectivity index (χ3n) is 0.719. The third-order valence-corrected chi connectivity index (χ3v) is 12.7. The van der Waals surface area contributed by atoms with Crippen LogP contribution in [0.2, 0.25) is 0 Å². The van der Waals surface area contributed by atoms with Gasteiger partial charge in [-0.3, -0.25) is 4.57 Å². The molecule has 4 heteroatoms. The van der Waals surface area contributed by atoms with Gasteiger partial charge in [-0.1, -0.05) is 0 Å². The molecule has 26 valence electrons. The molecule has 0 fully saturated rings. The van der Waals surface area contributed by atoms with E-state index in [0.717, 1.165) is 5.14 Å². The molecule has 0 aromatic heterocycles. The van der Waals surface area contributed by atoms with Crippen molar-refractivity contribution in [1.82, 2.24) is 0 Å². The van der Waals surface area contributed by atoms with Gasteiger partial charge in [-0.2, -0.15) is 0 Å². The SMILES string of the molecule is O=P1=P2=PC12. The Balaban J connectivity index is 3.35. The molecule has 2 aliphatic heterocycles. The number of rotatable bonds is 0. The quantitative estimate of drug-likeness (QED) is 0.450. The van der Waals surface area contributed by atoms with E-state index >= 15 is 0 Å². The topological polar surface area (TPSA) is 17.1 Å². The molecule has 2 heterocycles. The van der Waals surface area contributed by atoms with Gasteiger partial charge in [0.2, 0.25) is 0 Å². The van der Waals surface area contributed by atoms with Crippen molar-refractivity contribution in [2.24, 2.45) is 0 Å². The zero-order valence-corrected chi connectivity index (χ0v) is 5.01. The fourth-order valence-corrected chi connectivity index (χ4v) is 9.59. The lowest BCUT2D eigenvalue weighted by molar-refractivity contribution is 0.600. The minimum absolute atomic E-state index is 0.217. The van der Waals surface area contributed by atoms with E-state index in [9.17, 15) is 4.57 Å². The Kier molecular flexibility index (Phi) is 0.315. The lowest BCUT2D eigenvalue weighted by Gasteiger charge is -1.45. The summed E-state index contributed by atoms with van der Waals surface area (Å²) >= 11 is 0. The smallest absolute Gasteiger partial charge is 0.142 e. The van der Waals surface area contributed by atoms with E-state index in [1.807, 2.05) is 0 Å². The standard InChI is InChI=1S/CHOP3/c2-4-1-3-5(1)4/h1H. The third kappa shape index (κ3) is 0.212. The molecule has 3 atom stereocenters. The Labute approximate surface area is 32.0 Å². The highest BCUT2D eigenvalue weighted by Gasteiger charge is 2.39. The predicted octanol–water partition coefficient (Wildman–Crippen LogP) is 2.38. The monoisotopic (exact) mass is 122 g/mol. The van der Waals surface area contributed by atoms with Crippen LogP contribution in [0, 0.1) is 0 Å². The van der Waals surface area contributed by atoms with E-state index in [1.54, 1.807) is 0 Å². The molecule has 0 aromatic carbocycles. The van der Waals surface area contributed by atoms with Crippen LogP contribution in [-0.4, -0.2) is 5.14 Å². The lowest BCUT2D eigenvalue weighted by atomic mass is 11.9. The average molecular weight is 122 g/mol. The second-order valence-corrected chi connectivity index (χ2v) is 10.7. The van der Waals surface area contributed by atoms with Crippen molar-refractivity contribution in [3.63, 3.8) is 0 Å². The van der Waals surface area contributed by atoms with Gasteiger partial charge in [0.15, 0.2) is 0 Å². The van der Waals surface area contributed by atoms with Crippen LogP contribution in [0.5, 0.6) is 0 Å². The first-order chi connectivity index (χ1) is 2.39. The molecule has 3 unspecified atom stereocenters. The fourth-order valence-electron chi connectivity index (χ4n) is 0.263. The van der Waals surface area contributed by atoms with Gasteiger partial charge in [-0.15, -0.1) is 0 Å². The van der Waals surface area contributed by atoms with Gasteiger partial charge in [-0.25, -0.2) is 0 Å². The van der Waals surface area contributed by atoms with E-state index in [1.165, 1.54) is 7.87 Å². The Hall–Kier alpha value is 0.700.